The number of hydrogen-bond acceptors (Lipinski definition) is 4. The first-order valence-electron chi connectivity index (χ1n) is 12.9. The van der Waals surface area contributed by atoms with Crippen LogP contribution in [0.15, 0.2) is 72.8 Å². The average molecular weight is 513 g/mol. The molecule has 0 saturated carbocycles. The number of H-pyrrole nitrogens is 1. The van der Waals surface area contributed by atoms with Crippen molar-refractivity contribution in [2.75, 3.05) is 11.9 Å². The molecule has 1 aliphatic heterocycles. The van der Waals surface area contributed by atoms with Crippen LogP contribution >= 0.6 is 0 Å². The molecule has 3 unspecified atom stereocenters. The number of piperidine rings is 1. The summed E-state index contributed by atoms with van der Waals surface area (Å²) in [6.45, 7) is 2.53. The van der Waals surface area contributed by atoms with E-state index in [0.717, 1.165) is 59.5 Å². The normalized spacial score (nSPS) is 21.2. The van der Waals surface area contributed by atoms with Crippen molar-refractivity contribution >= 4 is 34.3 Å². The molecule has 2 heterocycles. The molecule has 1 amide bonds. The third-order valence-corrected chi connectivity index (χ3v) is 7.53. The van der Waals surface area contributed by atoms with Gasteiger partial charge in [-0.25, -0.2) is 9.78 Å². The largest absolute Gasteiger partial charge is 0.462 e. The van der Waals surface area contributed by atoms with E-state index in [-0.39, 0.29) is 22.5 Å². The first-order chi connectivity index (χ1) is 18.3. The summed E-state index contributed by atoms with van der Waals surface area (Å²) in [5.74, 6) is 0.871. The average Bonchev–Trinajstić information content (AvgIpc) is 3.28. The van der Waals surface area contributed by atoms with Crippen molar-refractivity contribution in [3.05, 3.63) is 89.7 Å². The number of nitrogens with one attached hydrogen (secondary N) is 4. The van der Waals surface area contributed by atoms with E-state index >= 15 is 0 Å². The summed E-state index contributed by atoms with van der Waals surface area (Å²) in [5, 5.41) is 21.3. The fourth-order valence-electron chi connectivity index (χ4n) is 5.69. The number of nitrogens with two attached hydrogens (primary N) is 1. The second kappa shape index (κ2) is 10.5. The van der Waals surface area contributed by atoms with Gasteiger partial charge in [-0.15, -0.1) is 0 Å². The summed E-state index contributed by atoms with van der Waals surface area (Å²) in [5.41, 5.74) is 14.1. The molecule has 196 valence electrons. The number of aromatic amines is 1. The Labute approximate surface area is 221 Å². The minimum Gasteiger partial charge on any atom is -0.462 e. The van der Waals surface area contributed by atoms with Gasteiger partial charge in [0.05, 0.1) is 11.0 Å². The van der Waals surface area contributed by atoms with Gasteiger partial charge in [-0.05, 0) is 37.1 Å². The number of benzene rings is 3. The van der Waals surface area contributed by atoms with Crippen LogP contribution in [0, 0.1) is 12.3 Å². The van der Waals surface area contributed by atoms with Crippen LogP contribution < -0.4 is 21.1 Å². The number of para-hydroxylation sites is 1. The van der Waals surface area contributed by atoms with Crippen molar-refractivity contribution in [2.45, 2.75) is 44.7 Å². The second-order valence-corrected chi connectivity index (χ2v) is 10.1. The number of amidine groups is 1. The molecule has 4 aromatic rings. The Morgan fingerprint density at radius 3 is 2.63 bits per heavy atom. The van der Waals surface area contributed by atoms with Crippen molar-refractivity contribution in [2.24, 2.45) is 5.73 Å². The van der Waals surface area contributed by atoms with Crippen LogP contribution in [-0.4, -0.2) is 45.6 Å². The van der Waals surface area contributed by atoms with E-state index in [2.05, 4.69) is 32.8 Å². The number of aromatic nitrogens is 2. The lowest BCUT2D eigenvalue weighted by molar-refractivity contribution is 0.0752. The van der Waals surface area contributed by atoms with Crippen molar-refractivity contribution in [1.29, 1.82) is 5.41 Å². The molecule has 38 heavy (non-hydrogen) atoms. The smallest absolute Gasteiger partial charge is 0.449 e. The molecule has 9 heteroatoms. The van der Waals surface area contributed by atoms with Gasteiger partial charge >= 0.3 is 6.09 Å². The maximum atomic E-state index is 12.2. The quantitative estimate of drug-likeness (QED) is 0.113. The molecule has 3 aromatic carbocycles. The molecule has 1 aromatic heterocycles. The summed E-state index contributed by atoms with van der Waals surface area (Å²) in [4.78, 5) is 20.0. The van der Waals surface area contributed by atoms with Crippen LogP contribution in [0.5, 0.6) is 0 Å². The monoisotopic (exact) mass is 512 g/mol. The zero-order valence-corrected chi connectivity index (χ0v) is 21.4. The van der Waals surface area contributed by atoms with Crippen molar-refractivity contribution < 1.29 is 9.90 Å². The predicted octanol–water partition coefficient (Wildman–Crippen LogP) is 4.92. The second-order valence-electron chi connectivity index (χ2n) is 10.1. The number of nitrogens with zero attached hydrogens (tertiary/aromatic N) is 2. The Balaban J connectivity index is 1.48. The number of amides is 1. The standard InChI is InChI=1S/C29H33N7O2/c1-19-32-26-14-13-25(18-27(26)33-19)36(35-29(37)38)16-15-23(34-22-5-3-2-4-6-22)17-24(36)12-9-20-7-10-21(11-8-20)28(30)31/h2-8,10-11,13-14,18,23-24,34-35H,9,12,15-17H2,1H3,(H4-,30,31,32,33,37,38)/p+1. The molecule has 0 bridgehead atoms. The van der Waals surface area contributed by atoms with E-state index in [1.54, 1.807) is 0 Å². The van der Waals surface area contributed by atoms with Crippen LogP contribution in [0.3, 0.4) is 0 Å². The lowest BCUT2D eigenvalue weighted by Gasteiger charge is -2.47. The maximum Gasteiger partial charge on any atom is 0.449 e. The first kappa shape index (κ1) is 25.3. The van der Waals surface area contributed by atoms with Gasteiger partial charge in [0.1, 0.15) is 24.2 Å². The molecule has 5 rings (SSSR count). The van der Waals surface area contributed by atoms with E-state index < -0.39 is 6.09 Å². The highest BCUT2D eigenvalue weighted by atomic mass is 16.4. The molecular formula is C29H34N7O2+. The number of imidazole rings is 1. The molecular weight excluding hydrogens is 478 g/mol. The number of anilines is 1. The van der Waals surface area contributed by atoms with E-state index in [4.69, 9.17) is 11.1 Å². The molecule has 0 radical (unpaired) electrons. The number of fused-ring (bicyclic) bond motifs is 1. The van der Waals surface area contributed by atoms with Gasteiger partial charge in [0.25, 0.3) is 0 Å². The lowest BCUT2D eigenvalue weighted by Crippen LogP contribution is -2.70. The van der Waals surface area contributed by atoms with E-state index in [1.807, 2.05) is 67.6 Å². The summed E-state index contributed by atoms with van der Waals surface area (Å²) in [6.07, 6.45) is 2.09. The Morgan fingerprint density at radius 2 is 1.92 bits per heavy atom. The van der Waals surface area contributed by atoms with Crippen molar-refractivity contribution in [3.8, 4) is 0 Å². The number of carboxylic acid groups (broad SMARTS) is 1. The first-order valence-corrected chi connectivity index (χ1v) is 12.9. The third-order valence-electron chi connectivity index (χ3n) is 7.53. The lowest BCUT2D eigenvalue weighted by atomic mass is 9.90. The minimum atomic E-state index is -1.05. The number of rotatable bonds is 8. The zero-order chi connectivity index (χ0) is 26.7. The Morgan fingerprint density at radius 1 is 1.16 bits per heavy atom. The van der Waals surface area contributed by atoms with Gasteiger partial charge in [-0.1, -0.05) is 42.5 Å². The molecule has 3 atom stereocenters. The molecule has 0 aliphatic carbocycles. The predicted molar refractivity (Wildman–Crippen MR) is 151 cm³/mol. The summed E-state index contributed by atoms with van der Waals surface area (Å²) < 4.78 is 0.155. The fourth-order valence-corrected chi connectivity index (χ4v) is 5.69. The van der Waals surface area contributed by atoms with Gasteiger partial charge in [0.15, 0.2) is 5.69 Å². The summed E-state index contributed by atoms with van der Waals surface area (Å²) in [7, 11) is 0. The number of quaternary nitrogens is 1. The highest BCUT2D eigenvalue weighted by Crippen LogP contribution is 2.36. The molecule has 1 saturated heterocycles. The number of nitrogen functional groups attached to an aromatic ring is 1. The van der Waals surface area contributed by atoms with Crippen LogP contribution in [0.2, 0.25) is 0 Å². The van der Waals surface area contributed by atoms with Gasteiger partial charge in [0, 0.05) is 48.7 Å². The van der Waals surface area contributed by atoms with Crippen LogP contribution in [0.4, 0.5) is 16.2 Å². The fraction of sp³-hybridized carbons (Fsp3) is 0.276. The van der Waals surface area contributed by atoms with Gasteiger partial charge in [-0.3, -0.25) is 5.41 Å². The zero-order valence-electron chi connectivity index (χ0n) is 21.4. The van der Waals surface area contributed by atoms with Crippen LogP contribution in [-0.2, 0) is 6.42 Å². The topological polar surface area (TPSA) is 140 Å². The highest BCUT2D eigenvalue weighted by Gasteiger charge is 2.46. The summed E-state index contributed by atoms with van der Waals surface area (Å²) >= 11 is 0. The summed E-state index contributed by atoms with van der Waals surface area (Å²) in [6, 6.07) is 24.1. The molecule has 7 N–H and O–H groups in total. The van der Waals surface area contributed by atoms with E-state index in [0.29, 0.717) is 12.1 Å². The molecule has 9 nitrogen and oxygen atoms in total. The maximum absolute atomic E-state index is 12.2. The molecule has 1 aliphatic rings. The van der Waals surface area contributed by atoms with E-state index in [1.165, 1.54) is 0 Å². The van der Waals surface area contributed by atoms with Gasteiger partial charge in [0.2, 0.25) is 0 Å². The Hall–Kier alpha value is -4.37. The van der Waals surface area contributed by atoms with Crippen LogP contribution in [0.25, 0.3) is 11.0 Å². The number of aryl methyl sites for hydroxylation is 2. The Kier molecular flexibility index (Phi) is 7.02. The Bertz CT molecular complexity index is 1430. The third kappa shape index (κ3) is 5.33. The number of carbonyl (C=O) groups is 1. The molecule has 0 spiro atoms. The van der Waals surface area contributed by atoms with Gasteiger partial charge in [-0.2, -0.15) is 10.0 Å². The SMILES string of the molecule is Cc1nc2ccc([N+]3(NC(=O)O)CCC(Nc4ccccc4)CC3CCc3ccc(C(=N)N)cc3)cc2[nH]1. The van der Waals surface area contributed by atoms with Crippen molar-refractivity contribution in [1.82, 2.24) is 20.0 Å². The van der Waals surface area contributed by atoms with Crippen molar-refractivity contribution in [3.63, 3.8) is 0 Å². The molecule has 1 fully saturated rings. The van der Waals surface area contributed by atoms with Crippen LogP contribution in [0.1, 0.15) is 36.2 Å². The number of hydrogen-bond donors (Lipinski definition) is 6. The minimum absolute atomic E-state index is 0.0185. The van der Waals surface area contributed by atoms with E-state index in [9.17, 15) is 9.90 Å². The van der Waals surface area contributed by atoms with Gasteiger partial charge < -0.3 is 21.1 Å². The highest BCUT2D eigenvalue weighted by molar-refractivity contribution is 5.94.